The van der Waals surface area contributed by atoms with Crippen LogP contribution in [-0.4, -0.2) is 94.4 Å². The number of β-amino-alcohol motifs (C(OH)–C–C–N with tert-alkyl or cyclic N) is 1. The number of halogens is 2. The Kier molecular flexibility index (Phi) is 13.5. The third-order valence-corrected chi connectivity index (χ3v) is 20.5. The first kappa shape index (κ1) is 48.0. The second kappa shape index (κ2) is 18.9. The summed E-state index contributed by atoms with van der Waals surface area (Å²) in [7, 11) is -2.48. The van der Waals surface area contributed by atoms with Crippen LogP contribution in [0.3, 0.4) is 0 Å². The molecule has 67 heavy (non-hydrogen) atoms. The molecule has 358 valence electrons. The third-order valence-electron chi connectivity index (χ3n) is 14.5. The highest BCUT2D eigenvalue weighted by atomic mass is 28.4. The van der Waals surface area contributed by atoms with Crippen LogP contribution in [0.25, 0.3) is 32.9 Å². The molecule has 0 spiro atoms. The van der Waals surface area contributed by atoms with E-state index in [1.165, 1.54) is 30.3 Å². The summed E-state index contributed by atoms with van der Waals surface area (Å²) in [5.41, 5.74) is 0.0922. The zero-order valence-corrected chi connectivity index (χ0v) is 40.7. The average Bonchev–Trinajstić information content (AvgIpc) is 3.85. The Morgan fingerprint density at radius 1 is 0.970 bits per heavy atom. The summed E-state index contributed by atoms with van der Waals surface area (Å²) >= 11 is 0. The summed E-state index contributed by atoms with van der Waals surface area (Å²) in [4.78, 5) is 41.8. The molecular formula is C50H62F2N6O8Si. The number of pyridine rings is 1. The van der Waals surface area contributed by atoms with Crippen LogP contribution in [-0.2, 0) is 11.2 Å². The van der Waals surface area contributed by atoms with Gasteiger partial charge in [-0.25, -0.2) is 13.6 Å². The number of nitrogens with zero attached hydrogens (tertiary/aromatic N) is 6. The van der Waals surface area contributed by atoms with Gasteiger partial charge in [-0.1, -0.05) is 54.5 Å². The van der Waals surface area contributed by atoms with E-state index in [9.17, 15) is 20.0 Å². The SMILES string of the molecule is CCc1c(F)ccc2cc(O[Si](C(C)C)(C(C)C)C(C)C)cc(-c3ncc4c(N5CCC[C@@](C)(O)C5)nc(OC[C@]56CCCN5[C@@H](COC(=O)Oc5ccc([N+](=O)[O-])cc5)CC6)nc4c3F)c12. The van der Waals surface area contributed by atoms with E-state index in [1.54, 1.807) is 19.2 Å². The lowest BCUT2D eigenvalue weighted by Crippen LogP contribution is -2.50. The van der Waals surface area contributed by atoms with Crippen LogP contribution in [0.15, 0.2) is 54.7 Å². The van der Waals surface area contributed by atoms with Gasteiger partial charge in [-0.15, -0.1) is 0 Å². The van der Waals surface area contributed by atoms with Gasteiger partial charge in [0.1, 0.15) is 47.6 Å². The maximum atomic E-state index is 17.8. The van der Waals surface area contributed by atoms with E-state index < -0.39 is 36.4 Å². The third kappa shape index (κ3) is 9.26. The first-order chi connectivity index (χ1) is 31.9. The second-order valence-electron chi connectivity index (χ2n) is 19.8. The molecule has 17 heteroatoms. The van der Waals surface area contributed by atoms with E-state index in [0.29, 0.717) is 59.3 Å². The smallest absolute Gasteiger partial charge is 0.513 e. The van der Waals surface area contributed by atoms with Gasteiger partial charge in [0.15, 0.2) is 5.82 Å². The minimum absolute atomic E-state index is 0.00157. The number of anilines is 1. The molecule has 0 unspecified atom stereocenters. The van der Waals surface area contributed by atoms with Crippen molar-refractivity contribution in [3.63, 3.8) is 0 Å². The fourth-order valence-electron chi connectivity index (χ4n) is 11.5. The van der Waals surface area contributed by atoms with Gasteiger partial charge in [0.25, 0.3) is 14.0 Å². The first-order valence-corrected chi connectivity index (χ1v) is 25.8. The van der Waals surface area contributed by atoms with Gasteiger partial charge < -0.3 is 28.6 Å². The fraction of sp³-hybridized carbons (Fsp3) is 0.520. The number of nitro groups is 1. The van der Waals surface area contributed by atoms with Gasteiger partial charge in [0.2, 0.25) is 0 Å². The van der Waals surface area contributed by atoms with E-state index in [-0.39, 0.29) is 76.9 Å². The van der Waals surface area contributed by atoms with Crippen molar-refractivity contribution in [1.82, 2.24) is 19.9 Å². The van der Waals surface area contributed by atoms with Crippen molar-refractivity contribution in [2.75, 3.05) is 37.7 Å². The van der Waals surface area contributed by atoms with Crippen molar-refractivity contribution < 1.29 is 42.2 Å². The van der Waals surface area contributed by atoms with Crippen molar-refractivity contribution in [3.05, 3.63) is 82.0 Å². The van der Waals surface area contributed by atoms with Gasteiger partial charge in [0, 0.05) is 43.0 Å². The number of aromatic nitrogens is 3. The van der Waals surface area contributed by atoms with Crippen LogP contribution in [0.2, 0.25) is 16.6 Å². The summed E-state index contributed by atoms with van der Waals surface area (Å²) in [6.45, 7) is 18.7. The molecule has 14 nitrogen and oxygen atoms in total. The lowest BCUT2D eigenvalue weighted by Gasteiger charge is -2.42. The number of piperidine rings is 1. The lowest BCUT2D eigenvalue weighted by molar-refractivity contribution is -0.384. The number of aryl methyl sites for hydroxylation is 1. The molecule has 0 amide bonds. The summed E-state index contributed by atoms with van der Waals surface area (Å²) in [6, 6.07) is 12.0. The van der Waals surface area contributed by atoms with Crippen LogP contribution in [0, 0.1) is 21.7 Å². The molecule has 1 N–H and O–H groups in total. The number of carbonyl (C=O) groups excluding carboxylic acids is 1. The van der Waals surface area contributed by atoms with Crippen LogP contribution in [0.4, 0.5) is 25.1 Å². The van der Waals surface area contributed by atoms with Crippen LogP contribution in [0.1, 0.15) is 99.5 Å². The maximum absolute atomic E-state index is 17.8. The maximum Gasteiger partial charge on any atom is 0.513 e. The van der Waals surface area contributed by atoms with Crippen molar-refractivity contribution in [2.24, 2.45) is 0 Å². The minimum atomic E-state index is -2.48. The Labute approximate surface area is 391 Å². The molecule has 0 bridgehead atoms. The quantitative estimate of drug-likeness (QED) is 0.0347. The summed E-state index contributed by atoms with van der Waals surface area (Å²) in [5.74, 6) is 0.0177. The van der Waals surface area contributed by atoms with Crippen LogP contribution >= 0.6 is 0 Å². The summed E-state index contributed by atoms with van der Waals surface area (Å²) < 4.78 is 58.0. The number of benzene rings is 3. The number of aliphatic hydroxyl groups is 1. The Hall–Kier alpha value is -5.52. The van der Waals surface area contributed by atoms with Crippen molar-refractivity contribution >= 4 is 47.7 Å². The number of hydrogen-bond acceptors (Lipinski definition) is 13. The van der Waals surface area contributed by atoms with Gasteiger partial charge >= 0.3 is 12.2 Å². The molecule has 0 aliphatic carbocycles. The molecule has 3 fully saturated rings. The molecule has 3 atom stereocenters. The molecule has 0 radical (unpaired) electrons. The van der Waals surface area contributed by atoms with E-state index in [2.05, 4.69) is 46.4 Å². The lowest BCUT2D eigenvalue weighted by atomic mass is 9.94. The number of rotatable bonds is 15. The second-order valence-corrected chi connectivity index (χ2v) is 25.2. The molecule has 3 aromatic carbocycles. The normalized spacial score (nSPS) is 21.2. The number of non-ortho nitro benzene ring substituents is 1. The Morgan fingerprint density at radius 2 is 1.69 bits per heavy atom. The molecular weight excluding hydrogens is 879 g/mol. The van der Waals surface area contributed by atoms with Crippen LogP contribution < -0.4 is 18.8 Å². The Morgan fingerprint density at radius 3 is 2.36 bits per heavy atom. The van der Waals surface area contributed by atoms with Crippen molar-refractivity contribution in [3.8, 4) is 28.8 Å². The van der Waals surface area contributed by atoms with E-state index >= 15 is 8.78 Å². The monoisotopic (exact) mass is 940 g/mol. The zero-order valence-electron chi connectivity index (χ0n) is 39.7. The highest BCUT2D eigenvalue weighted by Crippen LogP contribution is 2.47. The van der Waals surface area contributed by atoms with Gasteiger partial charge in [-0.3, -0.25) is 20.0 Å². The fourth-order valence-corrected chi connectivity index (χ4v) is 16.7. The average molecular weight is 941 g/mol. The van der Waals surface area contributed by atoms with Crippen molar-refractivity contribution in [1.29, 1.82) is 0 Å². The molecule has 5 aromatic rings. The zero-order chi connectivity index (χ0) is 48.0. The predicted molar refractivity (Wildman–Crippen MR) is 256 cm³/mol. The number of hydrogen-bond donors (Lipinski definition) is 1. The molecule has 5 heterocycles. The van der Waals surface area contributed by atoms with Crippen molar-refractivity contribution in [2.45, 2.75) is 134 Å². The number of fused-ring (bicyclic) bond motifs is 3. The van der Waals surface area contributed by atoms with E-state index in [0.717, 1.165) is 37.6 Å². The van der Waals surface area contributed by atoms with Gasteiger partial charge in [-0.2, -0.15) is 9.97 Å². The number of nitro benzene ring substituents is 1. The molecule has 8 rings (SSSR count). The Balaban J connectivity index is 1.14. The van der Waals surface area contributed by atoms with Gasteiger partial charge in [-0.05, 0) is 122 Å². The topological polar surface area (TPSA) is 163 Å². The van der Waals surface area contributed by atoms with E-state index in [1.807, 2.05) is 24.0 Å². The van der Waals surface area contributed by atoms with Gasteiger partial charge in [0.05, 0.1) is 21.4 Å². The number of ether oxygens (including phenoxy) is 3. The van der Waals surface area contributed by atoms with Crippen LogP contribution in [0.5, 0.6) is 17.5 Å². The highest BCUT2D eigenvalue weighted by Gasteiger charge is 2.51. The Bertz CT molecular complexity index is 2650. The largest absolute Gasteiger partial charge is 0.543 e. The summed E-state index contributed by atoms with van der Waals surface area (Å²) in [6.07, 6.45) is 5.47. The highest BCUT2D eigenvalue weighted by molar-refractivity contribution is 6.78. The molecule has 0 saturated carbocycles. The summed E-state index contributed by atoms with van der Waals surface area (Å²) in [5, 5.41) is 23.9. The molecule has 3 aliphatic heterocycles. The molecule has 2 aromatic heterocycles. The number of carbonyl (C=O) groups is 1. The first-order valence-electron chi connectivity index (χ1n) is 23.6. The molecule has 3 aliphatic rings. The molecule has 3 saturated heterocycles. The predicted octanol–water partition coefficient (Wildman–Crippen LogP) is 11.1. The minimum Gasteiger partial charge on any atom is -0.543 e. The van der Waals surface area contributed by atoms with E-state index in [4.69, 9.17) is 33.6 Å². The standard InChI is InChI=1S/C50H62F2N6O8Si/c1-9-38-41(51)17-12-33-24-37(66-67(30(2)3,31(4)5)32(6)7)25-39(42(33)38)44-43(52)45-40(26-53-44)46(56-22-10-19-49(8,60)28-56)55-47(54-45)64-29-50-20-11-23-57(50)35(18-21-50)27-63-48(59)65-36-15-13-34(14-16-36)58(61)62/h12-17,24-26,30-32,35,60H,9-11,18-23,27-29H2,1-8H3/t35-,49-,50-/m1/s1.